The average Bonchev–Trinajstić information content (AvgIpc) is 2.93. The van der Waals surface area contributed by atoms with Crippen molar-refractivity contribution in [3.8, 4) is 5.75 Å². The molecule has 2 aromatic rings. The van der Waals surface area contributed by atoms with Crippen molar-refractivity contribution >= 4 is 17.6 Å². The van der Waals surface area contributed by atoms with Gasteiger partial charge in [0.25, 0.3) is 0 Å². The number of carboxylic acid groups (broad SMARTS) is 1. The lowest BCUT2D eigenvalue weighted by atomic mass is 10.2. The predicted molar refractivity (Wildman–Crippen MR) is 99.7 cm³/mol. The number of nitrogens with zero attached hydrogens (tertiary/aromatic N) is 2. The molecule has 0 saturated carbocycles. The van der Waals surface area contributed by atoms with Crippen molar-refractivity contribution in [3.05, 3.63) is 46.5 Å². The van der Waals surface area contributed by atoms with Gasteiger partial charge >= 0.3 is 5.97 Å². The number of halogens is 1. The molecule has 0 radical (unpaired) electrons. The van der Waals surface area contributed by atoms with E-state index in [0.29, 0.717) is 29.6 Å². The molecule has 0 saturated heterocycles. The number of hydrogen-bond acceptors (Lipinski definition) is 4. The van der Waals surface area contributed by atoms with E-state index < -0.39 is 12.1 Å². The first-order valence-electron chi connectivity index (χ1n) is 8.83. The zero-order valence-corrected chi connectivity index (χ0v) is 15.9. The van der Waals surface area contributed by atoms with Gasteiger partial charge in [0.05, 0.1) is 12.3 Å². The van der Waals surface area contributed by atoms with Crippen molar-refractivity contribution in [1.29, 1.82) is 0 Å². The summed E-state index contributed by atoms with van der Waals surface area (Å²) in [5.41, 5.74) is 1.59. The largest absolute Gasteiger partial charge is 0.479 e. The van der Waals surface area contributed by atoms with Crippen molar-refractivity contribution in [1.82, 2.24) is 9.55 Å². The summed E-state index contributed by atoms with van der Waals surface area (Å²) in [7, 11) is 0. The third-order valence-corrected chi connectivity index (χ3v) is 4.50. The van der Waals surface area contributed by atoms with Crippen LogP contribution in [0.3, 0.4) is 0 Å². The molecule has 1 aromatic heterocycles. The van der Waals surface area contributed by atoms with E-state index in [1.54, 1.807) is 19.1 Å². The van der Waals surface area contributed by atoms with Crippen LogP contribution < -0.4 is 4.74 Å². The molecule has 1 heterocycles. The minimum Gasteiger partial charge on any atom is -0.479 e. The molecule has 2 N–H and O–H groups in total. The smallest absolute Gasteiger partial charge is 0.344 e. The van der Waals surface area contributed by atoms with E-state index in [-0.39, 0.29) is 6.61 Å². The van der Waals surface area contributed by atoms with Gasteiger partial charge < -0.3 is 19.5 Å². The Balaban J connectivity index is 2.17. The summed E-state index contributed by atoms with van der Waals surface area (Å²) in [6, 6.07) is 7.26. The van der Waals surface area contributed by atoms with Gasteiger partial charge in [0, 0.05) is 13.0 Å². The van der Waals surface area contributed by atoms with Gasteiger partial charge in [-0.1, -0.05) is 44.0 Å². The van der Waals surface area contributed by atoms with Crippen molar-refractivity contribution in [3.63, 3.8) is 0 Å². The molecule has 0 aliphatic rings. The van der Waals surface area contributed by atoms with Gasteiger partial charge in [-0.2, -0.15) is 0 Å². The van der Waals surface area contributed by atoms with Crippen LogP contribution in [-0.2, 0) is 24.4 Å². The predicted octanol–water partition coefficient (Wildman–Crippen LogP) is 3.66. The number of carboxylic acids is 1. The van der Waals surface area contributed by atoms with Gasteiger partial charge in [-0.05, 0) is 30.5 Å². The lowest BCUT2D eigenvalue weighted by molar-refractivity contribution is -0.145. The minimum absolute atomic E-state index is 0.171. The Morgan fingerprint density at radius 1 is 1.31 bits per heavy atom. The Morgan fingerprint density at radius 2 is 2.00 bits per heavy atom. The summed E-state index contributed by atoms with van der Waals surface area (Å²) in [6.07, 6.45) is 2.39. The van der Waals surface area contributed by atoms with Gasteiger partial charge in [-0.25, -0.2) is 9.78 Å². The zero-order chi connectivity index (χ0) is 19.1. The summed E-state index contributed by atoms with van der Waals surface area (Å²) >= 11 is 6.16. The first-order chi connectivity index (χ1) is 12.5. The van der Waals surface area contributed by atoms with Crippen LogP contribution in [-0.4, -0.2) is 31.8 Å². The van der Waals surface area contributed by atoms with Crippen LogP contribution in [0.25, 0.3) is 0 Å². The van der Waals surface area contributed by atoms with E-state index in [1.165, 1.54) is 0 Å². The lowest BCUT2D eigenvalue weighted by Gasteiger charge is -2.14. The van der Waals surface area contributed by atoms with Gasteiger partial charge in [0.15, 0.2) is 11.3 Å². The van der Waals surface area contributed by atoms with Gasteiger partial charge in [-0.3, -0.25) is 0 Å². The van der Waals surface area contributed by atoms with E-state index in [9.17, 15) is 9.90 Å². The molecule has 0 spiro atoms. The van der Waals surface area contributed by atoms with E-state index in [2.05, 4.69) is 11.9 Å². The van der Waals surface area contributed by atoms with Gasteiger partial charge in [-0.15, -0.1) is 0 Å². The molecule has 1 unspecified atom stereocenters. The second kappa shape index (κ2) is 9.59. The van der Waals surface area contributed by atoms with Crippen molar-refractivity contribution in [2.75, 3.05) is 0 Å². The van der Waals surface area contributed by atoms with Crippen LogP contribution in [0.15, 0.2) is 24.3 Å². The third kappa shape index (κ3) is 4.99. The number of aryl methyl sites for hydroxylation is 1. The second-order valence-electron chi connectivity index (χ2n) is 6.11. The maximum Gasteiger partial charge on any atom is 0.344 e. The summed E-state index contributed by atoms with van der Waals surface area (Å²) in [6.45, 7) is 4.24. The molecular weight excluding hydrogens is 356 g/mol. The zero-order valence-electron chi connectivity index (χ0n) is 15.1. The molecule has 6 nitrogen and oxygen atoms in total. The number of aromatic nitrogens is 2. The molecule has 0 aliphatic heterocycles. The third-order valence-electron chi connectivity index (χ3n) is 4.20. The first kappa shape index (κ1) is 20.3. The molecule has 1 atom stereocenters. The molecule has 0 amide bonds. The number of imidazole rings is 1. The molecule has 142 valence electrons. The average molecular weight is 381 g/mol. The minimum atomic E-state index is -0.974. The Hall–Kier alpha value is -2.05. The number of carbonyl (C=O) groups is 1. The van der Waals surface area contributed by atoms with E-state index >= 15 is 0 Å². The highest BCUT2D eigenvalue weighted by molar-refractivity contribution is 6.30. The number of aliphatic hydroxyl groups excluding tert-OH is 1. The van der Waals surface area contributed by atoms with Crippen molar-refractivity contribution in [2.45, 2.75) is 58.8 Å². The molecule has 26 heavy (non-hydrogen) atoms. The number of aliphatic hydroxyl groups is 1. The maximum atomic E-state index is 11.1. The Labute approximate surface area is 158 Å². The standard InChI is InChI=1S/C19H25ClN2O4/c1-3-5-6-17-21-18(20)15(12-23)22(17)11-13-7-9-14(10-8-13)26-16(4-2)19(24)25/h7-10,16,23H,3-6,11-12H2,1-2H3,(H,24,25). The molecule has 7 heteroatoms. The summed E-state index contributed by atoms with van der Waals surface area (Å²) in [4.78, 5) is 15.4. The SMILES string of the molecule is CCCCc1nc(Cl)c(CO)n1Cc1ccc(OC(CC)C(=O)O)cc1. The molecule has 1 aromatic carbocycles. The number of benzene rings is 1. The number of unbranched alkanes of at least 4 members (excludes halogenated alkanes) is 1. The normalized spacial score (nSPS) is 12.2. The Kier molecular flexibility index (Phi) is 7.48. The van der Waals surface area contributed by atoms with E-state index in [0.717, 1.165) is 30.7 Å². The van der Waals surface area contributed by atoms with Crippen LogP contribution >= 0.6 is 11.6 Å². The molecule has 2 rings (SSSR count). The first-order valence-corrected chi connectivity index (χ1v) is 9.20. The lowest BCUT2D eigenvalue weighted by Crippen LogP contribution is -2.25. The fourth-order valence-corrected chi connectivity index (χ4v) is 2.96. The topological polar surface area (TPSA) is 84.6 Å². The highest BCUT2D eigenvalue weighted by atomic mass is 35.5. The van der Waals surface area contributed by atoms with E-state index in [4.69, 9.17) is 21.4 Å². The monoisotopic (exact) mass is 380 g/mol. The fraction of sp³-hybridized carbons (Fsp3) is 0.474. The van der Waals surface area contributed by atoms with Crippen molar-refractivity contribution < 1.29 is 19.7 Å². The van der Waals surface area contributed by atoms with Crippen molar-refractivity contribution in [2.24, 2.45) is 0 Å². The summed E-state index contributed by atoms with van der Waals surface area (Å²) in [5, 5.41) is 19.0. The summed E-state index contributed by atoms with van der Waals surface area (Å²) in [5.74, 6) is 0.399. The Morgan fingerprint density at radius 3 is 2.54 bits per heavy atom. The number of hydrogen-bond donors (Lipinski definition) is 2. The van der Waals surface area contributed by atoms with Crippen LogP contribution in [0.4, 0.5) is 0 Å². The number of aliphatic carboxylic acids is 1. The fourth-order valence-electron chi connectivity index (χ4n) is 2.70. The highest BCUT2D eigenvalue weighted by Crippen LogP contribution is 2.22. The quantitative estimate of drug-likeness (QED) is 0.657. The highest BCUT2D eigenvalue weighted by Gasteiger charge is 2.17. The molecule has 0 bridgehead atoms. The summed E-state index contributed by atoms with van der Waals surface area (Å²) < 4.78 is 7.42. The maximum absolute atomic E-state index is 11.1. The number of rotatable bonds is 10. The second-order valence-corrected chi connectivity index (χ2v) is 6.47. The Bertz CT molecular complexity index is 728. The van der Waals surface area contributed by atoms with Crippen LogP contribution in [0, 0.1) is 0 Å². The van der Waals surface area contributed by atoms with Crippen LogP contribution in [0.1, 0.15) is 50.2 Å². The molecular formula is C19H25ClN2O4. The number of ether oxygens (including phenoxy) is 1. The van der Waals surface area contributed by atoms with Gasteiger partial charge in [0.2, 0.25) is 0 Å². The molecule has 0 aliphatic carbocycles. The van der Waals surface area contributed by atoms with Crippen LogP contribution in [0.2, 0.25) is 5.15 Å². The van der Waals surface area contributed by atoms with Gasteiger partial charge in [0.1, 0.15) is 11.6 Å². The van der Waals surface area contributed by atoms with Crippen LogP contribution in [0.5, 0.6) is 5.75 Å². The molecule has 0 fully saturated rings. The van der Waals surface area contributed by atoms with E-state index in [1.807, 2.05) is 16.7 Å².